The summed E-state index contributed by atoms with van der Waals surface area (Å²) in [7, 11) is 1.48. The Bertz CT molecular complexity index is 1090. The topological polar surface area (TPSA) is 106 Å². The fourth-order valence-corrected chi connectivity index (χ4v) is 3.74. The molecule has 8 nitrogen and oxygen atoms in total. The van der Waals surface area contributed by atoms with E-state index in [1.165, 1.54) is 19.2 Å². The molecule has 3 aromatic rings. The van der Waals surface area contributed by atoms with Crippen LogP contribution in [0, 0.1) is 0 Å². The molecule has 9 heteroatoms. The van der Waals surface area contributed by atoms with Gasteiger partial charge in [0.05, 0.1) is 31.3 Å². The van der Waals surface area contributed by atoms with Gasteiger partial charge in [0, 0.05) is 22.2 Å². The van der Waals surface area contributed by atoms with E-state index in [0.29, 0.717) is 18.0 Å². The molecule has 1 heterocycles. The van der Waals surface area contributed by atoms with Gasteiger partial charge in [-0.25, -0.2) is 4.79 Å². The first kappa shape index (κ1) is 23.1. The van der Waals surface area contributed by atoms with Gasteiger partial charge in [0.25, 0.3) is 0 Å². The third-order valence-corrected chi connectivity index (χ3v) is 5.31. The number of carboxylic acid groups (broad SMARTS) is 1. The number of carbonyl (C=O) groups is 2. The third-order valence-electron chi connectivity index (χ3n) is 5.31. The number of nitrogens with zero attached hydrogens (tertiary/aromatic N) is 2. The van der Waals surface area contributed by atoms with Crippen LogP contribution < -0.4 is 44.7 Å². The van der Waals surface area contributed by atoms with Crippen LogP contribution in [-0.4, -0.2) is 35.1 Å². The zero-order valence-corrected chi connectivity index (χ0v) is 19.6. The van der Waals surface area contributed by atoms with Crippen LogP contribution >= 0.6 is 0 Å². The second kappa shape index (κ2) is 10.2. The molecule has 1 aromatic heterocycles. The minimum atomic E-state index is -1.26. The number of fused-ring (bicyclic) bond motifs is 1. The number of hydrogen-bond acceptors (Lipinski definition) is 6. The van der Waals surface area contributed by atoms with Gasteiger partial charge >= 0.3 is 35.7 Å². The van der Waals surface area contributed by atoms with Crippen LogP contribution in [0.25, 0.3) is 10.9 Å². The summed E-state index contributed by atoms with van der Waals surface area (Å²) in [4.78, 5) is 23.2. The molecule has 2 aromatic carbocycles. The van der Waals surface area contributed by atoms with Crippen LogP contribution in [-0.2, 0) is 11.3 Å². The van der Waals surface area contributed by atoms with Crippen LogP contribution in [0.1, 0.15) is 41.6 Å². The number of carboxylic acids is 1. The summed E-state index contributed by atoms with van der Waals surface area (Å²) < 4.78 is 12.5. The Labute approximate surface area is 201 Å². The average Bonchev–Trinajstić information content (AvgIpc) is 3.38. The number of aromatic nitrogens is 2. The molecule has 31 heavy (non-hydrogen) atoms. The summed E-state index contributed by atoms with van der Waals surface area (Å²) >= 11 is 0. The van der Waals surface area contributed by atoms with Crippen molar-refractivity contribution in [2.45, 2.75) is 38.3 Å². The molecule has 1 saturated carbocycles. The Morgan fingerprint density at radius 3 is 2.68 bits per heavy atom. The van der Waals surface area contributed by atoms with E-state index >= 15 is 0 Å². The first-order valence-corrected chi connectivity index (χ1v) is 9.85. The van der Waals surface area contributed by atoms with Crippen molar-refractivity contribution in [3.8, 4) is 5.75 Å². The van der Waals surface area contributed by atoms with E-state index in [0.717, 1.165) is 42.1 Å². The first-order chi connectivity index (χ1) is 14.5. The third kappa shape index (κ3) is 5.39. The minimum absolute atomic E-state index is 0. The first-order valence-electron chi connectivity index (χ1n) is 9.85. The Balaban J connectivity index is 0.00000272. The second-order valence-corrected chi connectivity index (χ2v) is 7.33. The van der Waals surface area contributed by atoms with E-state index in [9.17, 15) is 14.7 Å². The summed E-state index contributed by atoms with van der Waals surface area (Å²) in [5, 5.41) is 19.2. The average molecular weight is 431 g/mol. The Hall–Kier alpha value is -2.55. The molecule has 1 aliphatic carbocycles. The molecule has 4 rings (SSSR count). The molecule has 0 unspecified atom stereocenters. The fourth-order valence-electron chi connectivity index (χ4n) is 3.74. The van der Waals surface area contributed by atoms with Crippen LogP contribution in [0.4, 0.5) is 10.5 Å². The predicted molar refractivity (Wildman–Crippen MR) is 109 cm³/mol. The minimum Gasteiger partial charge on any atom is -0.545 e. The van der Waals surface area contributed by atoms with Crippen LogP contribution in [0.5, 0.6) is 5.75 Å². The monoisotopic (exact) mass is 431 g/mol. The van der Waals surface area contributed by atoms with Gasteiger partial charge in [-0.1, -0.05) is 12.1 Å². The maximum atomic E-state index is 12.2. The molecule has 1 fully saturated rings. The summed E-state index contributed by atoms with van der Waals surface area (Å²) in [5.41, 5.74) is 2.26. The summed E-state index contributed by atoms with van der Waals surface area (Å²) in [6.07, 6.45) is 5.29. The van der Waals surface area contributed by atoms with Crippen molar-refractivity contribution in [2.24, 2.45) is 0 Å². The Morgan fingerprint density at radius 2 is 1.97 bits per heavy atom. The molecular formula is C22H22N3NaO5. The van der Waals surface area contributed by atoms with E-state index in [1.807, 2.05) is 12.1 Å². The quantitative estimate of drug-likeness (QED) is 0.549. The van der Waals surface area contributed by atoms with E-state index in [1.54, 1.807) is 23.0 Å². The van der Waals surface area contributed by atoms with Gasteiger partial charge in [-0.05, 0) is 49.9 Å². The molecule has 0 atom stereocenters. The number of carbonyl (C=O) groups excluding carboxylic acids is 2. The second-order valence-electron chi connectivity index (χ2n) is 7.33. The molecular weight excluding hydrogens is 409 g/mol. The SMILES string of the molecule is COc1cc(C(=O)[O-])ccc1Cn1ncc2ccc(NC(=O)OC3CCCC3)cc21.[Na+]. The van der Waals surface area contributed by atoms with Gasteiger partial charge in [0.15, 0.2) is 0 Å². The van der Waals surface area contributed by atoms with Crippen molar-refractivity contribution in [3.05, 3.63) is 53.7 Å². The molecule has 0 spiro atoms. The fraction of sp³-hybridized carbons (Fsp3) is 0.318. The maximum absolute atomic E-state index is 12.2. The van der Waals surface area contributed by atoms with Crippen molar-refractivity contribution < 1.29 is 53.7 Å². The van der Waals surface area contributed by atoms with Gasteiger partial charge in [-0.2, -0.15) is 5.10 Å². The molecule has 156 valence electrons. The number of anilines is 1. The largest absolute Gasteiger partial charge is 1.00 e. The number of hydrogen-bond donors (Lipinski definition) is 1. The normalized spacial score (nSPS) is 13.6. The number of rotatable bonds is 6. The van der Waals surface area contributed by atoms with Crippen LogP contribution in [0.3, 0.4) is 0 Å². The summed E-state index contributed by atoms with van der Waals surface area (Å²) in [5.74, 6) is -0.820. The maximum Gasteiger partial charge on any atom is 1.00 e. The zero-order valence-electron chi connectivity index (χ0n) is 17.6. The number of aromatic carboxylic acids is 1. The Kier molecular flexibility index (Phi) is 7.59. The smallest absolute Gasteiger partial charge is 0.545 e. The van der Waals surface area contributed by atoms with Gasteiger partial charge in [-0.3, -0.25) is 10.00 Å². The van der Waals surface area contributed by atoms with Crippen molar-refractivity contribution in [1.82, 2.24) is 9.78 Å². The molecule has 1 aliphatic rings. The Morgan fingerprint density at radius 1 is 1.19 bits per heavy atom. The summed E-state index contributed by atoms with van der Waals surface area (Å²) in [6, 6.07) is 10.1. The number of amides is 1. The van der Waals surface area contributed by atoms with Crippen molar-refractivity contribution in [3.63, 3.8) is 0 Å². The van der Waals surface area contributed by atoms with Crippen LogP contribution in [0.2, 0.25) is 0 Å². The van der Waals surface area contributed by atoms with Gasteiger partial charge < -0.3 is 19.4 Å². The molecule has 1 N–H and O–H groups in total. The number of ether oxygens (including phenoxy) is 2. The number of benzene rings is 2. The molecule has 0 bridgehead atoms. The van der Waals surface area contributed by atoms with E-state index in [2.05, 4.69) is 10.4 Å². The van der Waals surface area contributed by atoms with E-state index in [4.69, 9.17) is 9.47 Å². The molecule has 0 saturated heterocycles. The van der Waals surface area contributed by atoms with Crippen molar-refractivity contribution >= 4 is 28.7 Å². The molecule has 1 amide bonds. The predicted octanol–water partition coefficient (Wildman–Crippen LogP) is -0.0482. The van der Waals surface area contributed by atoms with Crippen LogP contribution in [0.15, 0.2) is 42.6 Å². The van der Waals surface area contributed by atoms with Gasteiger partial charge in [0.2, 0.25) is 0 Å². The standard InChI is InChI=1S/C22H23N3O5.Na/c1-29-20-10-14(21(26)27)6-7-16(20)13-25-19-11-17(9-8-15(19)12-23-25)24-22(28)30-18-4-2-3-5-18;/h6-12,18H,2-5,13H2,1H3,(H,24,28)(H,26,27);/q;+1/p-1. The molecule has 0 aliphatic heterocycles. The number of methoxy groups -OCH3 is 1. The van der Waals surface area contributed by atoms with E-state index < -0.39 is 12.1 Å². The summed E-state index contributed by atoms with van der Waals surface area (Å²) in [6.45, 7) is 0.371. The van der Waals surface area contributed by atoms with Crippen molar-refractivity contribution in [2.75, 3.05) is 12.4 Å². The number of nitrogens with one attached hydrogen (secondary N) is 1. The zero-order chi connectivity index (χ0) is 21.1. The van der Waals surface area contributed by atoms with Gasteiger partial charge in [0.1, 0.15) is 11.9 Å². The van der Waals surface area contributed by atoms with E-state index in [-0.39, 0.29) is 41.2 Å². The van der Waals surface area contributed by atoms with Gasteiger partial charge in [-0.15, -0.1) is 0 Å². The van der Waals surface area contributed by atoms with Crippen molar-refractivity contribution in [1.29, 1.82) is 0 Å². The molecule has 0 radical (unpaired) electrons.